The molecule has 4 nitrogen and oxygen atoms in total. The molecule has 4 aromatic rings. The van der Waals surface area contributed by atoms with E-state index in [1.165, 1.54) is 22.3 Å². The molecule has 0 radical (unpaired) electrons. The molecule has 0 saturated carbocycles. The summed E-state index contributed by atoms with van der Waals surface area (Å²) in [5.41, 5.74) is 4.85. The molecule has 0 bridgehead atoms. The molecule has 4 aromatic carbocycles. The third kappa shape index (κ3) is 9.67. The maximum Gasteiger partial charge on any atom is 0.217 e. The van der Waals surface area contributed by atoms with Gasteiger partial charge in [0.05, 0.1) is 15.6 Å². The fraction of sp³-hybridized carbons (Fsp3) is 0.359. The number of likely N-dealkylation sites (tertiary alicyclic amines) is 1. The van der Waals surface area contributed by atoms with Gasteiger partial charge in [-0.05, 0) is 79.0 Å². The third-order valence-corrected chi connectivity index (χ3v) is 10.00. The van der Waals surface area contributed by atoms with Crippen LogP contribution in [0.15, 0.2) is 109 Å². The van der Waals surface area contributed by atoms with Gasteiger partial charge in [-0.1, -0.05) is 120 Å². The number of benzene rings is 4. The summed E-state index contributed by atoms with van der Waals surface area (Å²) in [5, 5.41) is 4.52. The number of hydrogen-bond donors (Lipinski definition) is 1. The van der Waals surface area contributed by atoms with Crippen molar-refractivity contribution in [2.45, 2.75) is 50.5 Å². The van der Waals surface area contributed by atoms with Crippen molar-refractivity contribution in [3.63, 3.8) is 0 Å². The number of amides is 1. The topological polar surface area (TPSA) is 35.6 Å². The minimum absolute atomic E-state index is 0.0260. The average Bonchev–Trinajstić information content (AvgIpc) is 3.07. The summed E-state index contributed by atoms with van der Waals surface area (Å²) in [7, 11) is 0. The number of piperidine rings is 1. The van der Waals surface area contributed by atoms with E-state index in [1.54, 1.807) is 6.92 Å². The fourth-order valence-electron chi connectivity index (χ4n) is 6.68. The number of rotatable bonds is 14. The van der Waals surface area contributed by atoms with Gasteiger partial charge in [0.1, 0.15) is 0 Å². The lowest BCUT2D eigenvalue weighted by molar-refractivity contribution is -0.121. The van der Waals surface area contributed by atoms with Crippen LogP contribution < -0.4 is 5.32 Å². The van der Waals surface area contributed by atoms with Crippen molar-refractivity contribution in [3.05, 3.63) is 141 Å². The number of carbonyl (C=O) groups is 1. The third-order valence-electron chi connectivity index (χ3n) is 9.26. The summed E-state index contributed by atoms with van der Waals surface area (Å²) in [6.07, 6.45) is 4.84. The fourth-order valence-corrected chi connectivity index (χ4v) is 6.98. The van der Waals surface area contributed by atoms with Crippen LogP contribution in [0.5, 0.6) is 0 Å². The highest BCUT2D eigenvalue weighted by Crippen LogP contribution is 2.34. The number of nitrogens with zero attached hydrogens (tertiary/aromatic N) is 2. The summed E-state index contributed by atoms with van der Waals surface area (Å²) in [5.74, 6) is 0.334. The van der Waals surface area contributed by atoms with Crippen LogP contribution in [0, 0.1) is 0 Å². The van der Waals surface area contributed by atoms with Gasteiger partial charge in [0.25, 0.3) is 0 Å². The number of hydrogen-bond acceptors (Lipinski definition) is 3. The van der Waals surface area contributed by atoms with E-state index in [4.69, 9.17) is 23.2 Å². The second-order valence-electron chi connectivity index (χ2n) is 12.4. The first-order valence-electron chi connectivity index (χ1n) is 16.2. The molecular weight excluding hydrogens is 597 g/mol. The normalized spacial score (nSPS) is 15.6. The summed E-state index contributed by atoms with van der Waals surface area (Å²) in [6.45, 7) is 7.43. The van der Waals surface area contributed by atoms with Crippen molar-refractivity contribution in [2.24, 2.45) is 0 Å². The van der Waals surface area contributed by atoms with Crippen molar-refractivity contribution < 1.29 is 4.79 Å². The molecule has 1 aliphatic rings. The van der Waals surface area contributed by atoms with Gasteiger partial charge in [0.2, 0.25) is 5.91 Å². The standard InChI is InChI=1S/C39H45Cl2N3O/c1-31(45)42-39(36-15-9-4-10-16-36)22-27-43(28-23-39)26-21-35(34-17-18-37(40)38(41)29-34)30-44(24-19-32-11-5-2-6-12-32)25-20-33-13-7-3-8-14-33/h2-18,29,35H,19-28,30H2,1H3,(H,42,45). The molecule has 1 aliphatic heterocycles. The molecule has 1 heterocycles. The first-order valence-corrected chi connectivity index (χ1v) is 17.0. The van der Waals surface area contributed by atoms with Crippen LogP contribution in [0.25, 0.3) is 0 Å². The molecule has 5 rings (SSSR count). The zero-order valence-corrected chi connectivity index (χ0v) is 27.8. The van der Waals surface area contributed by atoms with E-state index in [1.807, 2.05) is 12.1 Å². The predicted octanol–water partition coefficient (Wildman–Crippen LogP) is 8.38. The minimum Gasteiger partial charge on any atom is -0.347 e. The maximum atomic E-state index is 12.2. The molecule has 1 saturated heterocycles. The molecule has 1 fully saturated rings. The lowest BCUT2D eigenvalue weighted by atomic mass is 9.80. The van der Waals surface area contributed by atoms with Gasteiger partial charge in [-0.25, -0.2) is 0 Å². The molecule has 1 unspecified atom stereocenters. The summed E-state index contributed by atoms with van der Waals surface area (Å²) < 4.78 is 0. The molecule has 0 spiro atoms. The van der Waals surface area contributed by atoms with Crippen molar-refractivity contribution in [1.29, 1.82) is 0 Å². The van der Waals surface area contributed by atoms with Gasteiger partial charge in [0, 0.05) is 39.6 Å². The summed E-state index contributed by atoms with van der Waals surface area (Å²) in [6, 6.07) is 38.1. The quantitative estimate of drug-likeness (QED) is 0.150. The lowest BCUT2D eigenvalue weighted by Gasteiger charge is -2.43. The Balaban J connectivity index is 1.29. The van der Waals surface area contributed by atoms with E-state index in [-0.39, 0.29) is 11.4 Å². The second-order valence-corrected chi connectivity index (χ2v) is 13.2. The largest absolute Gasteiger partial charge is 0.347 e. The number of halogens is 2. The second kappa shape index (κ2) is 16.4. The maximum absolute atomic E-state index is 12.2. The van der Waals surface area contributed by atoms with E-state index in [0.717, 1.165) is 71.4 Å². The molecule has 1 atom stereocenters. The predicted molar refractivity (Wildman–Crippen MR) is 188 cm³/mol. The molecular formula is C39H45Cl2N3O. The van der Waals surface area contributed by atoms with Crippen LogP contribution in [0.2, 0.25) is 10.0 Å². The Morgan fingerprint density at radius 2 is 1.36 bits per heavy atom. The molecule has 236 valence electrons. The van der Waals surface area contributed by atoms with Crippen LogP contribution in [-0.2, 0) is 23.2 Å². The van der Waals surface area contributed by atoms with E-state index >= 15 is 0 Å². The van der Waals surface area contributed by atoms with Gasteiger partial charge in [-0.15, -0.1) is 0 Å². The highest BCUT2D eigenvalue weighted by atomic mass is 35.5. The number of nitrogens with one attached hydrogen (secondary N) is 1. The highest BCUT2D eigenvalue weighted by Gasteiger charge is 2.37. The molecule has 1 amide bonds. The van der Waals surface area contributed by atoms with Crippen LogP contribution in [-0.4, -0.2) is 55.0 Å². The van der Waals surface area contributed by atoms with Crippen LogP contribution in [0.3, 0.4) is 0 Å². The van der Waals surface area contributed by atoms with Crippen molar-refractivity contribution in [1.82, 2.24) is 15.1 Å². The molecule has 0 aromatic heterocycles. The van der Waals surface area contributed by atoms with E-state index < -0.39 is 0 Å². The Hall–Kier alpha value is -3.15. The van der Waals surface area contributed by atoms with Gasteiger partial charge in [-0.2, -0.15) is 0 Å². The van der Waals surface area contributed by atoms with E-state index in [0.29, 0.717) is 16.0 Å². The van der Waals surface area contributed by atoms with E-state index in [2.05, 4.69) is 112 Å². The summed E-state index contributed by atoms with van der Waals surface area (Å²) in [4.78, 5) is 17.4. The highest BCUT2D eigenvalue weighted by molar-refractivity contribution is 6.42. The minimum atomic E-state index is -0.307. The Bertz CT molecular complexity index is 1430. The monoisotopic (exact) mass is 641 g/mol. The Kier molecular flexibility index (Phi) is 12.1. The van der Waals surface area contributed by atoms with Gasteiger partial charge >= 0.3 is 0 Å². The Labute approximate surface area is 279 Å². The van der Waals surface area contributed by atoms with Gasteiger partial charge in [-0.3, -0.25) is 4.79 Å². The van der Waals surface area contributed by atoms with Gasteiger partial charge in [0.15, 0.2) is 0 Å². The Morgan fingerprint density at radius 3 is 1.89 bits per heavy atom. The SMILES string of the molecule is CC(=O)NC1(c2ccccc2)CCN(CCC(CN(CCc2ccccc2)CCc2ccccc2)c2ccc(Cl)c(Cl)c2)CC1. The molecule has 6 heteroatoms. The zero-order valence-electron chi connectivity index (χ0n) is 26.3. The lowest BCUT2D eigenvalue weighted by Crippen LogP contribution is -2.52. The summed E-state index contributed by atoms with van der Waals surface area (Å²) >= 11 is 12.9. The number of carbonyl (C=O) groups excluding carboxylic acids is 1. The zero-order chi connectivity index (χ0) is 31.5. The smallest absolute Gasteiger partial charge is 0.217 e. The van der Waals surface area contributed by atoms with Crippen molar-refractivity contribution in [3.8, 4) is 0 Å². The first kappa shape index (κ1) is 33.2. The molecule has 45 heavy (non-hydrogen) atoms. The Morgan fingerprint density at radius 1 is 0.800 bits per heavy atom. The molecule has 0 aliphatic carbocycles. The van der Waals surface area contributed by atoms with Crippen molar-refractivity contribution >= 4 is 29.1 Å². The van der Waals surface area contributed by atoms with Crippen molar-refractivity contribution in [2.75, 3.05) is 39.3 Å². The molecule has 1 N–H and O–H groups in total. The van der Waals surface area contributed by atoms with Gasteiger partial charge < -0.3 is 15.1 Å². The first-order chi connectivity index (χ1) is 21.9. The van der Waals surface area contributed by atoms with Crippen LogP contribution in [0.1, 0.15) is 54.4 Å². The van der Waals surface area contributed by atoms with Crippen LogP contribution >= 0.6 is 23.2 Å². The van der Waals surface area contributed by atoms with Crippen LogP contribution in [0.4, 0.5) is 0 Å². The van der Waals surface area contributed by atoms with E-state index in [9.17, 15) is 4.79 Å². The average molecular weight is 643 g/mol.